The Labute approximate surface area is 191 Å². The minimum absolute atomic E-state index is 0.125. The Hall–Kier alpha value is -2.90. The van der Waals surface area contributed by atoms with Gasteiger partial charge in [0.2, 0.25) is 0 Å². The van der Waals surface area contributed by atoms with E-state index in [9.17, 15) is 14.0 Å². The van der Waals surface area contributed by atoms with E-state index in [0.29, 0.717) is 16.2 Å². The monoisotopic (exact) mass is 497 g/mol. The number of hydrogen-bond donors (Lipinski definition) is 0. The summed E-state index contributed by atoms with van der Waals surface area (Å²) in [6.45, 7) is 0.339. The van der Waals surface area contributed by atoms with E-state index in [2.05, 4.69) is 15.9 Å². The summed E-state index contributed by atoms with van der Waals surface area (Å²) < 4.78 is 20.2. The van der Waals surface area contributed by atoms with E-state index in [1.807, 2.05) is 24.3 Å². The zero-order valence-corrected chi connectivity index (χ0v) is 18.7. The number of carbonyl (C=O) groups excluding carboxylic acids is 2. The van der Waals surface area contributed by atoms with Crippen LogP contribution in [0, 0.1) is 5.82 Å². The lowest BCUT2D eigenvalue weighted by Gasteiger charge is -2.13. The maximum atomic E-state index is 13.7. The van der Waals surface area contributed by atoms with Crippen molar-refractivity contribution in [3.63, 3.8) is 0 Å². The van der Waals surface area contributed by atoms with Crippen LogP contribution in [0.4, 0.5) is 9.18 Å². The number of imide groups is 1. The molecule has 0 atom stereocenters. The van der Waals surface area contributed by atoms with Crippen LogP contribution in [-0.4, -0.2) is 16.0 Å². The molecule has 1 aliphatic rings. The number of ether oxygens (including phenoxy) is 1. The van der Waals surface area contributed by atoms with Gasteiger partial charge >= 0.3 is 0 Å². The molecular weight excluding hydrogens is 481 g/mol. The third kappa shape index (κ3) is 5.06. The van der Waals surface area contributed by atoms with Crippen molar-refractivity contribution in [2.45, 2.75) is 13.2 Å². The first-order chi connectivity index (χ1) is 15.0. The fraction of sp³-hybridized carbons (Fsp3) is 0.0833. The van der Waals surface area contributed by atoms with E-state index in [0.717, 1.165) is 27.4 Å². The molecule has 7 heteroatoms. The normalized spacial score (nSPS) is 15.0. The average Bonchev–Trinajstić information content (AvgIpc) is 3.03. The van der Waals surface area contributed by atoms with Gasteiger partial charge in [0.15, 0.2) is 0 Å². The van der Waals surface area contributed by atoms with Gasteiger partial charge in [-0.05, 0) is 53.2 Å². The van der Waals surface area contributed by atoms with Crippen molar-refractivity contribution < 1.29 is 18.7 Å². The summed E-state index contributed by atoms with van der Waals surface area (Å²) >= 11 is 4.37. The van der Waals surface area contributed by atoms with Gasteiger partial charge in [-0.15, -0.1) is 0 Å². The highest BCUT2D eigenvalue weighted by Gasteiger charge is 2.35. The lowest BCUT2D eigenvalue weighted by molar-refractivity contribution is -0.123. The van der Waals surface area contributed by atoms with Crippen LogP contribution in [-0.2, 0) is 17.9 Å². The van der Waals surface area contributed by atoms with Gasteiger partial charge in [-0.2, -0.15) is 0 Å². The van der Waals surface area contributed by atoms with Crippen molar-refractivity contribution in [3.05, 3.63) is 105 Å². The first-order valence-electron chi connectivity index (χ1n) is 9.46. The summed E-state index contributed by atoms with van der Waals surface area (Å²) in [6, 6.07) is 21.0. The Bertz CT molecular complexity index is 1160. The predicted molar refractivity (Wildman–Crippen MR) is 123 cm³/mol. The summed E-state index contributed by atoms with van der Waals surface area (Å²) in [4.78, 5) is 26.7. The summed E-state index contributed by atoms with van der Waals surface area (Å²) in [6.07, 6.45) is 1.69. The molecule has 3 aromatic rings. The lowest BCUT2D eigenvalue weighted by Crippen LogP contribution is -2.27. The molecule has 31 heavy (non-hydrogen) atoms. The average molecular weight is 498 g/mol. The smallest absolute Gasteiger partial charge is 0.293 e. The summed E-state index contributed by atoms with van der Waals surface area (Å²) in [5.41, 5.74) is 2.11. The molecule has 1 fully saturated rings. The molecular formula is C24H17BrFNO3S. The van der Waals surface area contributed by atoms with E-state index in [1.165, 1.54) is 11.0 Å². The molecule has 0 saturated carbocycles. The molecule has 0 aliphatic carbocycles. The van der Waals surface area contributed by atoms with Crippen LogP contribution in [0.3, 0.4) is 0 Å². The number of rotatable bonds is 6. The largest absolute Gasteiger partial charge is 0.489 e. The molecule has 4 rings (SSSR count). The van der Waals surface area contributed by atoms with Crippen molar-refractivity contribution >= 4 is 44.9 Å². The molecule has 2 amide bonds. The van der Waals surface area contributed by atoms with Crippen LogP contribution in [0.25, 0.3) is 6.08 Å². The van der Waals surface area contributed by atoms with Crippen molar-refractivity contribution in [3.8, 4) is 5.75 Å². The van der Waals surface area contributed by atoms with Gasteiger partial charge in [-0.3, -0.25) is 14.5 Å². The molecule has 0 N–H and O–H groups in total. The minimum Gasteiger partial charge on any atom is -0.489 e. The van der Waals surface area contributed by atoms with Gasteiger partial charge in [0.05, 0.1) is 11.4 Å². The summed E-state index contributed by atoms with van der Waals surface area (Å²) in [5, 5.41) is -0.295. The predicted octanol–water partition coefficient (Wildman–Crippen LogP) is 6.40. The molecule has 1 saturated heterocycles. The van der Waals surface area contributed by atoms with Crippen LogP contribution in [0.5, 0.6) is 5.75 Å². The van der Waals surface area contributed by atoms with E-state index < -0.39 is 0 Å². The highest BCUT2D eigenvalue weighted by molar-refractivity contribution is 9.10. The molecule has 0 unspecified atom stereocenters. The molecule has 1 aliphatic heterocycles. The molecule has 0 spiro atoms. The SMILES string of the molecule is O=C1S/C(=C/c2ccc(OCc3ccccc3F)cc2)C(=O)N1Cc1ccccc1Br. The fourth-order valence-corrected chi connectivity index (χ4v) is 4.27. The molecule has 0 bridgehead atoms. The van der Waals surface area contributed by atoms with Crippen LogP contribution in [0.1, 0.15) is 16.7 Å². The van der Waals surface area contributed by atoms with Crippen LogP contribution in [0.15, 0.2) is 82.2 Å². The number of thioether (sulfide) groups is 1. The Morgan fingerprint density at radius 1 is 0.935 bits per heavy atom. The van der Waals surface area contributed by atoms with Crippen molar-refractivity contribution in [2.24, 2.45) is 0 Å². The van der Waals surface area contributed by atoms with Gasteiger partial charge in [-0.1, -0.05) is 64.5 Å². The third-order valence-electron chi connectivity index (χ3n) is 4.69. The molecule has 4 nitrogen and oxygen atoms in total. The highest BCUT2D eigenvalue weighted by Crippen LogP contribution is 2.34. The van der Waals surface area contributed by atoms with E-state index in [-0.39, 0.29) is 30.1 Å². The molecule has 0 aromatic heterocycles. The first kappa shape index (κ1) is 21.3. The van der Waals surface area contributed by atoms with Crippen molar-refractivity contribution in [2.75, 3.05) is 0 Å². The molecule has 156 valence electrons. The Morgan fingerprint density at radius 2 is 1.61 bits per heavy atom. The van der Waals surface area contributed by atoms with E-state index >= 15 is 0 Å². The number of halogens is 2. The van der Waals surface area contributed by atoms with Gasteiger partial charge in [0.25, 0.3) is 11.1 Å². The summed E-state index contributed by atoms with van der Waals surface area (Å²) in [7, 11) is 0. The number of amides is 2. The third-order valence-corrected chi connectivity index (χ3v) is 6.37. The highest BCUT2D eigenvalue weighted by atomic mass is 79.9. The lowest BCUT2D eigenvalue weighted by atomic mass is 10.2. The zero-order chi connectivity index (χ0) is 21.8. The second-order valence-corrected chi connectivity index (χ2v) is 8.66. The van der Waals surface area contributed by atoms with Gasteiger partial charge in [-0.25, -0.2) is 4.39 Å². The number of benzene rings is 3. The maximum absolute atomic E-state index is 13.7. The number of hydrogen-bond acceptors (Lipinski definition) is 4. The number of nitrogens with zero attached hydrogens (tertiary/aromatic N) is 1. The minimum atomic E-state index is -0.314. The van der Waals surface area contributed by atoms with Crippen LogP contribution >= 0.6 is 27.7 Å². The van der Waals surface area contributed by atoms with Gasteiger partial charge in [0.1, 0.15) is 18.2 Å². The standard InChI is InChI=1S/C24H17BrFNO3S/c25-20-7-3-1-5-17(20)14-27-23(28)22(31-24(27)29)13-16-9-11-19(12-10-16)30-15-18-6-2-4-8-21(18)26/h1-13H,14-15H2/b22-13+. The van der Waals surface area contributed by atoms with Crippen LogP contribution < -0.4 is 4.74 Å². The molecule has 3 aromatic carbocycles. The second-order valence-electron chi connectivity index (χ2n) is 6.81. The first-order valence-corrected chi connectivity index (χ1v) is 11.1. The maximum Gasteiger partial charge on any atom is 0.293 e. The summed E-state index contributed by atoms with van der Waals surface area (Å²) in [5.74, 6) is -0.0366. The quantitative estimate of drug-likeness (QED) is 0.369. The van der Waals surface area contributed by atoms with E-state index in [4.69, 9.17) is 4.74 Å². The van der Waals surface area contributed by atoms with Gasteiger partial charge in [0, 0.05) is 10.0 Å². The molecule has 1 heterocycles. The topological polar surface area (TPSA) is 46.6 Å². The Kier molecular flexibility index (Phi) is 6.53. The van der Waals surface area contributed by atoms with Crippen molar-refractivity contribution in [1.82, 2.24) is 4.90 Å². The Balaban J connectivity index is 1.42. The van der Waals surface area contributed by atoms with E-state index in [1.54, 1.807) is 48.5 Å². The van der Waals surface area contributed by atoms with Crippen molar-refractivity contribution in [1.29, 1.82) is 0 Å². The molecule has 0 radical (unpaired) electrons. The second kappa shape index (κ2) is 9.49. The fourth-order valence-electron chi connectivity index (χ4n) is 3.02. The Morgan fingerprint density at radius 3 is 2.32 bits per heavy atom. The number of carbonyl (C=O) groups is 2. The van der Waals surface area contributed by atoms with Gasteiger partial charge < -0.3 is 4.74 Å². The zero-order valence-electron chi connectivity index (χ0n) is 16.3. The van der Waals surface area contributed by atoms with Crippen LogP contribution in [0.2, 0.25) is 0 Å².